The van der Waals surface area contributed by atoms with Gasteiger partial charge in [0.1, 0.15) is 0 Å². The van der Waals surface area contributed by atoms with Crippen molar-refractivity contribution in [2.75, 3.05) is 7.11 Å². The standard InChI is InChI=1S/C10H12O3S/c1-7(14)10(11)13-9-6-4-3-5-8(9)12-2/h3-7,14H,1-2H3. The maximum absolute atomic E-state index is 11.2. The van der Waals surface area contributed by atoms with Crippen LogP contribution in [0.25, 0.3) is 0 Å². The highest BCUT2D eigenvalue weighted by molar-refractivity contribution is 7.81. The number of hydrogen-bond acceptors (Lipinski definition) is 4. The second kappa shape index (κ2) is 4.91. The summed E-state index contributed by atoms with van der Waals surface area (Å²) < 4.78 is 10.1. The minimum Gasteiger partial charge on any atom is -0.493 e. The average molecular weight is 212 g/mol. The fourth-order valence-corrected chi connectivity index (χ4v) is 0.949. The molecule has 14 heavy (non-hydrogen) atoms. The van der Waals surface area contributed by atoms with Gasteiger partial charge in [0.15, 0.2) is 11.5 Å². The number of rotatable bonds is 3. The second-order valence-corrected chi connectivity index (χ2v) is 3.52. The van der Waals surface area contributed by atoms with Gasteiger partial charge >= 0.3 is 5.97 Å². The highest BCUT2D eigenvalue weighted by atomic mass is 32.1. The molecule has 0 saturated carbocycles. The van der Waals surface area contributed by atoms with Gasteiger partial charge in [-0.2, -0.15) is 12.6 Å². The van der Waals surface area contributed by atoms with Crippen LogP contribution in [0.3, 0.4) is 0 Å². The maximum atomic E-state index is 11.2. The summed E-state index contributed by atoms with van der Waals surface area (Å²) >= 11 is 3.97. The molecule has 0 amide bonds. The fraction of sp³-hybridized carbons (Fsp3) is 0.300. The van der Waals surface area contributed by atoms with Gasteiger partial charge in [-0.05, 0) is 19.1 Å². The molecule has 1 atom stereocenters. The monoisotopic (exact) mass is 212 g/mol. The van der Waals surface area contributed by atoms with E-state index in [1.165, 1.54) is 7.11 Å². The molecular weight excluding hydrogens is 200 g/mol. The van der Waals surface area contributed by atoms with Crippen molar-refractivity contribution in [1.29, 1.82) is 0 Å². The predicted octanol–water partition coefficient (Wildman–Crippen LogP) is 1.92. The van der Waals surface area contributed by atoms with E-state index in [-0.39, 0.29) is 0 Å². The molecule has 0 N–H and O–H groups in total. The summed E-state index contributed by atoms with van der Waals surface area (Å²) in [4.78, 5) is 11.2. The summed E-state index contributed by atoms with van der Waals surface area (Å²) in [6, 6.07) is 6.98. The number of esters is 1. The van der Waals surface area contributed by atoms with E-state index in [2.05, 4.69) is 12.6 Å². The van der Waals surface area contributed by atoms with Crippen molar-refractivity contribution in [3.8, 4) is 11.5 Å². The molecule has 4 heteroatoms. The van der Waals surface area contributed by atoms with Gasteiger partial charge in [-0.1, -0.05) is 12.1 Å². The van der Waals surface area contributed by atoms with E-state index in [4.69, 9.17) is 9.47 Å². The SMILES string of the molecule is COc1ccccc1OC(=O)C(C)S. The molecule has 0 heterocycles. The first-order chi connectivity index (χ1) is 6.65. The van der Waals surface area contributed by atoms with Crippen LogP contribution in [0.4, 0.5) is 0 Å². The van der Waals surface area contributed by atoms with Crippen LogP contribution in [0.1, 0.15) is 6.92 Å². The second-order valence-electron chi connectivity index (χ2n) is 2.75. The van der Waals surface area contributed by atoms with E-state index in [9.17, 15) is 4.79 Å². The predicted molar refractivity (Wildman–Crippen MR) is 57.1 cm³/mol. The summed E-state index contributed by atoms with van der Waals surface area (Å²) in [7, 11) is 1.52. The first kappa shape index (κ1) is 10.9. The van der Waals surface area contributed by atoms with Crippen LogP contribution in [0.5, 0.6) is 11.5 Å². The Morgan fingerprint density at radius 2 is 1.93 bits per heavy atom. The molecule has 0 aliphatic heterocycles. The zero-order valence-electron chi connectivity index (χ0n) is 8.06. The molecule has 0 spiro atoms. The number of para-hydroxylation sites is 2. The van der Waals surface area contributed by atoms with Crippen molar-refractivity contribution in [1.82, 2.24) is 0 Å². The highest BCUT2D eigenvalue weighted by Gasteiger charge is 2.12. The molecule has 0 aliphatic carbocycles. The Balaban J connectivity index is 2.80. The Morgan fingerprint density at radius 1 is 1.36 bits per heavy atom. The highest BCUT2D eigenvalue weighted by Crippen LogP contribution is 2.26. The van der Waals surface area contributed by atoms with E-state index >= 15 is 0 Å². The number of thiol groups is 1. The molecule has 0 radical (unpaired) electrons. The lowest BCUT2D eigenvalue weighted by Gasteiger charge is -2.09. The van der Waals surface area contributed by atoms with E-state index in [1.54, 1.807) is 31.2 Å². The van der Waals surface area contributed by atoms with E-state index in [0.29, 0.717) is 11.5 Å². The van der Waals surface area contributed by atoms with Crippen LogP contribution in [0.15, 0.2) is 24.3 Å². The summed E-state index contributed by atoms with van der Waals surface area (Å²) in [6.07, 6.45) is 0. The van der Waals surface area contributed by atoms with E-state index in [1.807, 2.05) is 0 Å². The average Bonchev–Trinajstić information content (AvgIpc) is 2.18. The Bertz CT molecular complexity index is 323. The minimum atomic E-state index is -0.445. The van der Waals surface area contributed by atoms with E-state index in [0.717, 1.165) is 0 Å². The quantitative estimate of drug-likeness (QED) is 0.472. The van der Waals surface area contributed by atoms with Gasteiger partial charge in [0.25, 0.3) is 0 Å². The van der Waals surface area contributed by atoms with Crippen molar-refractivity contribution in [3.63, 3.8) is 0 Å². The van der Waals surface area contributed by atoms with Crippen LogP contribution in [-0.2, 0) is 4.79 Å². The lowest BCUT2D eigenvalue weighted by molar-refractivity contribution is -0.133. The molecule has 0 fully saturated rings. The molecule has 0 bridgehead atoms. The van der Waals surface area contributed by atoms with Crippen molar-refractivity contribution in [2.24, 2.45) is 0 Å². The zero-order valence-corrected chi connectivity index (χ0v) is 8.95. The van der Waals surface area contributed by atoms with Crippen molar-refractivity contribution in [2.45, 2.75) is 12.2 Å². The van der Waals surface area contributed by atoms with Crippen molar-refractivity contribution in [3.05, 3.63) is 24.3 Å². The fourth-order valence-electron chi connectivity index (χ4n) is 0.897. The van der Waals surface area contributed by atoms with Gasteiger partial charge < -0.3 is 9.47 Å². The third-order valence-corrected chi connectivity index (χ3v) is 1.83. The number of carbonyl (C=O) groups is 1. The Kier molecular flexibility index (Phi) is 3.83. The summed E-state index contributed by atoms with van der Waals surface area (Å²) in [5.74, 6) is 0.563. The molecule has 0 aromatic heterocycles. The minimum absolute atomic E-state index is 0.391. The number of hydrogen-bond donors (Lipinski definition) is 1. The molecule has 76 valence electrons. The summed E-state index contributed by atoms with van der Waals surface area (Å²) in [6.45, 7) is 1.65. The molecule has 1 unspecified atom stereocenters. The smallest absolute Gasteiger partial charge is 0.324 e. The zero-order chi connectivity index (χ0) is 10.6. The maximum Gasteiger partial charge on any atom is 0.324 e. The first-order valence-corrected chi connectivity index (χ1v) is 4.69. The first-order valence-electron chi connectivity index (χ1n) is 4.18. The van der Waals surface area contributed by atoms with Crippen molar-refractivity contribution >= 4 is 18.6 Å². The lowest BCUT2D eigenvalue weighted by atomic mass is 10.3. The van der Waals surface area contributed by atoms with E-state index < -0.39 is 11.2 Å². The molecule has 0 aliphatic rings. The van der Waals surface area contributed by atoms with Gasteiger partial charge in [0.05, 0.1) is 12.4 Å². The van der Waals surface area contributed by atoms with Crippen LogP contribution in [0, 0.1) is 0 Å². The molecule has 0 saturated heterocycles. The Morgan fingerprint density at radius 3 is 2.43 bits per heavy atom. The number of ether oxygens (including phenoxy) is 2. The van der Waals surface area contributed by atoms with Crippen LogP contribution >= 0.6 is 12.6 Å². The molecule has 1 rings (SSSR count). The number of carbonyl (C=O) groups excluding carboxylic acids is 1. The summed E-state index contributed by atoms with van der Waals surface area (Å²) in [5.41, 5.74) is 0. The lowest BCUT2D eigenvalue weighted by Crippen LogP contribution is -2.17. The largest absolute Gasteiger partial charge is 0.493 e. The van der Waals surface area contributed by atoms with Gasteiger partial charge in [-0.25, -0.2) is 0 Å². The molecule has 1 aromatic rings. The third kappa shape index (κ3) is 2.67. The van der Waals surface area contributed by atoms with Crippen LogP contribution in [0.2, 0.25) is 0 Å². The normalized spacial score (nSPS) is 11.9. The van der Waals surface area contributed by atoms with Gasteiger partial charge in [0, 0.05) is 0 Å². The van der Waals surface area contributed by atoms with Gasteiger partial charge in [-0.15, -0.1) is 0 Å². The third-order valence-electron chi connectivity index (χ3n) is 1.62. The molecule has 3 nitrogen and oxygen atoms in total. The van der Waals surface area contributed by atoms with Gasteiger partial charge in [0.2, 0.25) is 0 Å². The number of benzene rings is 1. The topological polar surface area (TPSA) is 35.5 Å². The Hall–Kier alpha value is -1.16. The van der Waals surface area contributed by atoms with Crippen LogP contribution in [-0.4, -0.2) is 18.3 Å². The van der Waals surface area contributed by atoms with Crippen molar-refractivity contribution < 1.29 is 14.3 Å². The van der Waals surface area contributed by atoms with Crippen LogP contribution < -0.4 is 9.47 Å². The number of methoxy groups -OCH3 is 1. The molecular formula is C10H12O3S. The Labute approximate surface area is 88.4 Å². The summed E-state index contributed by atoms with van der Waals surface area (Å²) in [5, 5.41) is -0.445. The molecule has 1 aromatic carbocycles. The van der Waals surface area contributed by atoms with Gasteiger partial charge in [-0.3, -0.25) is 4.79 Å².